The zero-order chi connectivity index (χ0) is 13.7. The van der Waals surface area contributed by atoms with Gasteiger partial charge in [-0.2, -0.15) is 4.98 Å². The average Bonchev–Trinajstić information content (AvgIpc) is 2.45. The van der Waals surface area contributed by atoms with Crippen molar-refractivity contribution in [3.8, 4) is 6.01 Å². The van der Waals surface area contributed by atoms with E-state index in [-0.39, 0.29) is 11.8 Å². The predicted molar refractivity (Wildman–Crippen MR) is 68.3 cm³/mol. The summed E-state index contributed by atoms with van der Waals surface area (Å²) in [5, 5.41) is 11.6. The highest BCUT2D eigenvalue weighted by Gasteiger charge is 2.15. The first kappa shape index (κ1) is 13.5. The van der Waals surface area contributed by atoms with E-state index in [4.69, 9.17) is 20.4 Å². The van der Waals surface area contributed by atoms with Crippen molar-refractivity contribution in [2.75, 3.05) is 19.8 Å². The molecule has 1 aromatic rings. The topological polar surface area (TPSA) is 103 Å². The van der Waals surface area contributed by atoms with Crippen LogP contribution in [0, 0.1) is 12.8 Å². The molecule has 0 aromatic carbocycles. The Bertz CT molecular complexity index is 458. The number of amidine groups is 1. The van der Waals surface area contributed by atoms with Gasteiger partial charge >= 0.3 is 6.01 Å². The lowest BCUT2D eigenvalue weighted by molar-refractivity contribution is 0.0482. The maximum Gasteiger partial charge on any atom is 0.317 e. The first-order valence-corrected chi connectivity index (χ1v) is 6.23. The van der Waals surface area contributed by atoms with Gasteiger partial charge in [0, 0.05) is 18.9 Å². The van der Waals surface area contributed by atoms with Gasteiger partial charge in [0.2, 0.25) is 0 Å². The normalized spacial score (nSPS) is 17.4. The lowest BCUT2D eigenvalue weighted by atomic mass is 10.0. The van der Waals surface area contributed by atoms with Gasteiger partial charge in [0.15, 0.2) is 5.84 Å². The Morgan fingerprint density at radius 1 is 1.53 bits per heavy atom. The summed E-state index contributed by atoms with van der Waals surface area (Å²) in [7, 11) is 0. The zero-order valence-electron chi connectivity index (χ0n) is 10.9. The molecule has 2 heterocycles. The van der Waals surface area contributed by atoms with Crippen LogP contribution in [0.1, 0.15) is 24.2 Å². The van der Waals surface area contributed by atoms with Crippen LogP contribution >= 0.6 is 0 Å². The van der Waals surface area contributed by atoms with Crippen LogP contribution in [-0.2, 0) is 4.74 Å². The fourth-order valence-corrected chi connectivity index (χ4v) is 1.89. The van der Waals surface area contributed by atoms with E-state index in [0.29, 0.717) is 23.9 Å². The molecule has 104 valence electrons. The van der Waals surface area contributed by atoms with Crippen molar-refractivity contribution in [1.29, 1.82) is 0 Å². The number of hydrogen-bond donors (Lipinski definition) is 2. The van der Waals surface area contributed by atoms with E-state index in [1.165, 1.54) is 0 Å². The molecule has 0 spiro atoms. The van der Waals surface area contributed by atoms with Gasteiger partial charge < -0.3 is 20.4 Å². The molecule has 1 aromatic heterocycles. The molecule has 7 nitrogen and oxygen atoms in total. The van der Waals surface area contributed by atoms with Gasteiger partial charge in [0.25, 0.3) is 0 Å². The molecular weight excluding hydrogens is 248 g/mol. The summed E-state index contributed by atoms with van der Waals surface area (Å²) in [6, 6.07) is 1.89. The minimum atomic E-state index is -0.0542. The lowest BCUT2D eigenvalue weighted by Gasteiger charge is -2.21. The van der Waals surface area contributed by atoms with Crippen molar-refractivity contribution in [2.45, 2.75) is 19.8 Å². The quantitative estimate of drug-likeness (QED) is 0.359. The summed E-state index contributed by atoms with van der Waals surface area (Å²) in [6.45, 7) is 3.91. The van der Waals surface area contributed by atoms with E-state index in [0.717, 1.165) is 26.1 Å². The second kappa shape index (κ2) is 6.33. The van der Waals surface area contributed by atoms with E-state index >= 15 is 0 Å². The Balaban J connectivity index is 2.01. The summed E-state index contributed by atoms with van der Waals surface area (Å²) in [5.74, 6) is 0.409. The molecule has 0 radical (unpaired) electrons. The summed E-state index contributed by atoms with van der Waals surface area (Å²) >= 11 is 0. The maximum absolute atomic E-state index is 8.65. The summed E-state index contributed by atoms with van der Waals surface area (Å²) in [5.41, 5.74) is 6.57. The summed E-state index contributed by atoms with van der Waals surface area (Å²) < 4.78 is 10.9. The number of hydrogen-bond acceptors (Lipinski definition) is 6. The fourth-order valence-electron chi connectivity index (χ4n) is 1.89. The number of nitrogens with two attached hydrogens (primary N) is 1. The standard InChI is InChI=1S/C12H18N4O3/c1-8-6-10(11(13)16-17)15-12(14-8)19-7-9-2-4-18-5-3-9/h6,9,17H,2-5,7H2,1H3,(H2,13,16). The first-order chi connectivity index (χ1) is 9.19. The molecule has 0 saturated carbocycles. The number of aromatic nitrogens is 2. The van der Waals surface area contributed by atoms with Crippen molar-refractivity contribution in [3.63, 3.8) is 0 Å². The maximum atomic E-state index is 8.65. The van der Waals surface area contributed by atoms with E-state index < -0.39 is 0 Å². The average molecular weight is 266 g/mol. The van der Waals surface area contributed by atoms with Crippen LogP contribution < -0.4 is 10.5 Å². The van der Waals surface area contributed by atoms with Crippen LogP contribution in [-0.4, -0.2) is 40.8 Å². The SMILES string of the molecule is Cc1cc(/C(N)=N/O)nc(OCC2CCOCC2)n1. The van der Waals surface area contributed by atoms with Crippen LogP contribution in [0.25, 0.3) is 0 Å². The van der Waals surface area contributed by atoms with Crippen LogP contribution in [0.2, 0.25) is 0 Å². The molecule has 7 heteroatoms. The highest BCUT2D eigenvalue weighted by Crippen LogP contribution is 2.16. The Morgan fingerprint density at radius 2 is 2.26 bits per heavy atom. The van der Waals surface area contributed by atoms with Crippen molar-refractivity contribution < 1.29 is 14.7 Å². The number of ether oxygens (including phenoxy) is 2. The van der Waals surface area contributed by atoms with Crippen LogP contribution in [0.4, 0.5) is 0 Å². The molecule has 1 saturated heterocycles. The first-order valence-electron chi connectivity index (χ1n) is 6.23. The highest BCUT2D eigenvalue weighted by atomic mass is 16.5. The molecule has 0 atom stereocenters. The summed E-state index contributed by atoms with van der Waals surface area (Å²) in [6.07, 6.45) is 1.97. The Morgan fingerprint density at radius 3 is 2.95 bits per heavy atom. The number of oxime groups is 1. The molecule has 0 bridgehead atoms. The van der Waals surface area contributed by atoms with Crippen LogP contribution in [0.3, 0.4) is 0 Å². The Labute approximate surface area is 111 Å². The van der Waals surface area contributed by atoms with Crippen molar-refractivity contribution >= 4 is 5.84 Å². The number of rotatable bonds is 4. The van der Waals surface area contributed by atoms with Gasteiger partial charge in [0.05, 0.1) is 6.61 Å². The molecule has 0 amide bonds. The summed E-state index contributed by atoms with van der Waals surface area (Å²) in [4.78, 5) is 8.29. The highest BCUT2D eigenvalue weighted by molar-refractivity contribution is 5.95. The van der Waals surface area contributed by atoms with Gasteiger partial charge in [-0.3, -0.25) is 0 Å². The largest absolute Gasteiger partial charge is 0.463 e. The number of aryl methyl sites for hydroxylation is 1. The molecule has 1 fully saturated rings. The Hall–Kier alpha value is -1.89. The molecule has 0 aliphatic carbocycles. The van der Waals surface area contributed by atoms with Crippen molar-refractivity contribution in [2.24, 2.45) is 16.8 Å². The van der Waals surface area contributed by atoms with E-state index in [1.54, 1.807) is 13.0 Å². The number of nitrogens with zero attached hydrogens (tertiary/aromatic N) is 3. The molecule has 3 N–H and O–H groups in total. The van der Waals surface area contributed by atoms with E-state index in [9.17, 15) is 0 Å². The van der Waals surface area contributed by atoms with Crippen molar-refractivity contribution in [3.05, 3.63) is 17.5 Å². The molecule has 2 rings (SSSR count). The third kappa shape index (κ3) is 3.78. The van der Waals surface area contributed by atoms with Gasteiger partial charge in [-0.1, -0.05) is 5.16 Å². The van der Waals surface area contributed by atoms with E-state index in [1.807, 2.05) is 0 Å². The third-order valence-corrected chi connectivity index (χ3v) is 2.99. The van der Waals surface area contributed by atoms with Crippen LogP contribution in [0.5, 0.6) is 6.01 Å². The fraction of sp³-hybridized carbons (Fsp3) is 0.583. The minimum absolute atomic E-state index is 0.0542. The van der Waals surface area contributed by atoms with E-state index in [2.05, 4.69) is 15.1 Å². The molecule has 0 unspecified atom stereocenters. The molecule has 1 aliphatic rings. The Kier molecular flexibility index (Phi) is 4.51. The minimum Gasteiger partial charge on any atom is -0.463 e. The monoisotopic (exact) mass is 266 g/mol. The predicted octanol–water partition coefficient (Wildman–Crippen LogP) is 0.685. The molecule has 19 heavy (non-hydrogen) atoms. The molecule has 1 aliphatic heterocycles. The second-order valence-corrected chi connectivity index (χ2v) is 4.53. The van der Waals surface area contributed by atoms with Gasteiger partial charge in [0.1, 0.15) is 5.69 Å². The second-order valence-electron chi connectivity index (χ2n) is 4.53. The molecular formula is C12H18N4O3. The smallest absolute Gasteiger partial charge is 0.317 e. The zero-order valence-corrected chi connectivity index (χ0v) is 10.9. The van der Waals surface area contributed by atoms with Crippen molar-refractivity contribution in [1.82, 2.24) is 9.97 Å². The van der Waals surface area contributed by atoms with Gasteiger partial charge in [-0.05, 0) is 31.7 Å². The van der Waals surface area contributed by atoms with Gasteiger partial charge in [-0.25, -0.2) is 4.98 Å². The van der Waals surface area contributed by atoms with Crippen LogP contribution in [0.15, 0.2) is 11.2 Å². The lowest BCUT2D eigenvalue weighted by Crippen LogP contribution is -2.22. The third-order valence-electron chi connectivity index (χ3n) is 2.99. The van der Waals surface area contributed by atoms with Gasteiger partial charge in [-0.15, -0.1) is 0 Å².